The summed E-state index contributed by atoms with van der Waals surface area (Å²) < 4.78 is 0. The van der Waals surface area contributed by atoms with Crippen LogP contribution in [-0.4, -0.2) is 29.0 Å². The lowest BCUT2D eigenvalue weighted by Gasteiger charge is -2.17. The Bertz CT molecular complexity index is 429. The molecule has 2 N–H and O–H groups in total. The first-order valence-corrected chi connectivity index (χ1v) is 6.20. The number of carbonyl (C=O) groups excluding carboxylic acids is 1. The lowest BCUT2D eigenvalue weighted by molar-refractivity contribution is -0.118. The molecular weight excluding hydrogens is 252 g/mol. The van der Waals surface area contributed by atoms with Crippen LogP contribution in [-0.2, 0) is 10.2 Å². The molecular formula is C12H19ClN4O. The van der Waals surface area contributed by atoms with Crippen molar-refractivity contribution in [1.82, 2.24) is 15.3 Å². The molecule has 5 nitrogen and oxygen atoms in total. The Labute approximate surface area is 112 Å². The summed E-state index contributed by atoms with van der Waals surface area (Å²) in [7, 11) is 0. The fourth-order valence-electron chi connectivity index (χ4n) is 1.27. The van der Waals surface area contributed by atoms with Crippen LogP contribution >= 0.6 is 11.6 Å². The van der Waals surface area contributed by atoms with Crippen molar-refractivity contribution in [2.75, 3.05) is 18.4 Å². The summed E-state index contributed by atoms with van der Waals surface area (Å²) in [5, 5.41) is 6.21. The minimum Gasteiger partial charge on any atom is -0.368 e. The third-order valence-corrected chi connectivity index (χ3v) is 2.36. The van der Waals surface area contributed by atoms with Gasteiger partial charge in [0.1, 0.15) is 16.8 Å². The van der Waals surface area contributed by atoms with Gasteiger partial charge in [0.15, 0.2) is 0 Å². The molecule has 1 heterocycles. The topological polar surface area (TPSA) is 66.9 Å². The molecule has 0 aromatic carbocycles. The molecule has 0 saturated heterocycles. The highest BCUT2D eigenvalue weighted by molar-refractivity contribution is 6.29. The molecule has 0 unspecified atom stereocenters. The molecule has 0 fully saturated rings. The van der Waals surface area contributed by atoms with Crippen LogP contribution in [0.3, 0.4) is 0 Å². The quantitative estimate of drug-likeness (QED) is 0.648. The second-order valence-electron chi connectivity index (χ2n) is 5.06. The lowest BCUT2D eigenvalue weighted by Crippen LogP contribution is -2.26. The Hall–Kier alpha value is -1.36. The van der Waals surface area contributed by atoms with Gasteiger partial charge in [0.2, 0.25) is 5.91 Å². The van der Waals surface area contributed by atoms with E-state index in [4.69, 9.17) is 11.6 Å². The molecule has 0 spiro atoms. The van der Waals surface area contributed by atoms with Crippen molar-refractivity contribution in [2.24, 2.45) is 0 Å². The molecule has 6 heteroatoms. The monoisotopic (exact) mass is 270 g/mol. The van der Waals surface area contributed by atoms with Crippen LogP contribution < -0.4 is 10.6 Å². The summed E-state index contributed by atoms with van der Waals surface area (Å²) >= 11 is 5.96. The first kappa shape index (κ1) is 14.7. The summed E-state index contributed by atoms with van der Waals surface area (Å²) in [6.07, 6.45) is 0. The van der Waals surface area contributed by atoms with Gasteiger partial charge in [0.25, 0.3) is 0 Å². The molecule has 1 amide bonds. The molecule has 0 aliphatic heterocycles. The number of nitrogens with zero attached hydrogens (tertiary/aromatic N) is 2. The van der Waals surface area contributed by atoms with E-state index in [0.29, 0.717) is 29.9 Å². The number of amides is 1. The molecule has 18 heavy (non-hydrogen) atoms. The van der Waals surface area contributed by atoms with E-state index in [1.165, 1.54) is 6.92 Å². The molecule has 0 saturated carbocycles. The Morgan fingerprint density at radius 3 is 2.56 bits per heavy atom. The van der Waals surface area contributed by atoms with Gasteiger partial charge in [-0.1, -0.05) is 32.4 Å². The van der Waals surface area contributed by atoms with E-state index in [0.717, 1.165) is 0 Å². The number of anilines is 1. The Kier molecular flexibility index (Phi) is 4.90. The van der Waals surface area contributed by atoms with Gasteiger partial charge in [0.05, 0.1) is 0 Å². The number of aromatic nitrogens is 2. The van der Waals surface area contributed by atoms with Gasteiger partial charge in [-0.2, -0.15) is 0 Å². The van der Waals surface area contributed by atoms with Crippen LogP contribution in [0.15, 0.2) is 6.07 Å². The van der Waals surface area contributed by atoms with Gasteiger partial charge < -0.3 is 10.6 Å². The highest BCUT2D eigenvalue weighted by Gasteiger charge is 2.18. The molecule has 1 aromatic heterocycles. The fraction of sp³-hybridized carbons (Fsp3) is 0.583. The minimum absolute atomic E-state index is 0.0482. The van der Waals surface area contributed by atoms with Crippen molar-refractivity contribution < 1.29 is 4.79 Å². The third-order valence-electron chi connectivity index (χ3n) is 2.17. The summed E-state index contributed by atoms with van der Waals surface area (Å²) in [5.74, 6) is 1.32. The second kappa shape index (κ2) is 6.00. The summed E-state index contributed by atoms with van der Waals surface area (Å²) in [5.41, 5.74) is -0.154. The smallest absolute Gasteiger partial charge is 0.216 e. The molecule has 1 rings (SSSR count). The number of nitrogens with one attached hydrogen (secondary N) is 2. The predicted octanol–water partition coefficient (Wildman–Crippen LogP) is 1.98. The van der Waals surface area contributed by atoms with Crippen LogP contribution in [0.2, 0.25) is 5.15 Å². The van der Waals surface area contributed by atoms with E-state index < -0.39 is 0 Å². The SMILES string of the molecule is CC(=O)NCCNc1cc(Cl)nc(C(C)(C)C)n1. The molecule has 0 bridgehead atoms. The number of hydrogen-bond donors (Lipinski definition) is 2. The van der Waals surface area contributed by atoms with E-state index in [1.807, 2.05) is 20.8 Å². The van der Waals surface area contributed by atoms with Gasteiger partial charge >= 0.3 is 0 Å². The minimum atomic E-state index is -0.154. The number of hydrogen-bond acceptors (Lipinski definition) is 4. The fourth-order valence-corrected chi connectivity index (χ4v) is 1.46. The maximum Gasteiger partial charge on any atom is 0.216 e. The van der Waals surface area contributed by atoms with Crippen molar-refractivity contribution in [3.05, 3.63) is 17.0 Å². The zero-order valence-electron chi connectivity index (χ0n) is 11.2. The van der Waals surface area contributed by atoms with Crippen LogP contribution in [0.5, 0.6) is 0 Å². The van der Waals surface area contributed by atoms with E-state index in [1.54, 1.807) is 6.07 Å². The Balaban J connectivity index is 2.66. The van der Waals surface area contributed by atoms with E-state index in [-0.39, 0.29) is 11.3 Å². The normalized spacial score (nSPS) is 11.2. The molecule has 0 aliphatic carbocycles. The van der Waals surface area contributed by atoms with Crippen LogP contribution in [0, 0.1) is 0 Å². The van der Waals surface area contributed by atoms with Crippen molar-refractivity contribution >= 4 is 23.3 Å². The van der Waals surface area contributed by atoms with E-state index in [9.17, 15) is 4.79 Å². The van der Waals surface area contributed by atoms with Crippen LogP contribution in [0.25, 0.3) is 0 Å². The maximum atomic E-state index is 10.7. The van der Waals surface area contributed by atoms with Gasteiger partial charge in [-0.3, -0.25) is 4.79 Å². The van der Waals surface area contributed by atoms with Gasteiger partial charge in [-0.15, -0.1) is 0 Å². The van der Waals surface area contributed by atoms with Gasteiger partial charge in [-0.25, -0.2) is 9.97 Å². The molecule has 0 aliphatic rings. The largest absolute Gasteiger partial charge is 0.368 e. The number of rotatable bonds is 4. The number of carbonyl (C=O) groups is 1. The molecule has 100 valence electrons. The summed E-state index contributed by atoms with van der Waals surface area (Å²) in [4.78, 5) is 19.3. The lowest BCUT2D eigenvalue weighted by atomic mass is 9.96. The first-order valence-electron chi connectivity index (χ1n) is 5.82. The van der Waals surface area contributed by atoms with Crippen LogP contribution in [0.4, 0.5) is 5.82 Å². The second-order valence-corrected chi connectivity index (χ2v) is 5.45. The summed E-state index contributed by atoms with van der Waals surface area (Å²) in [6.45, 7) is 8.71. The number of halogens is 1. The van der Waals surface area contributed by atoms with Gasteiger partial charge in [0, 0.05) is 31.5 Å². The van der Waals surface area contributed by atoms with Crippen molar-refractivity contribution in [3.63, 3.8) is 0 Å². The Morgan fingerprint density at radius 2 is 2.00 bits per heavy atom. The zero-order valence-corrected chi connectivity index (χ0v) is 11.9. The van der Waals surface area contributed by atoms with Crippen molar-refractivity contribution in [3.8, 4) is 0 Å². The molecule has 0 radical (unpaired) electrons. The maximum absolute atomic E-state index is 10.7. The standard InChI is InChI=1S/C12H19ClN4O/c1-8(18)14-5-6-15-10-7-9(13)16-11(17-10)12(2,3)4/h7H,5-6H2,1-4H3,(H,14,18)(H,15,16,17). The first-order chi connectivity index (χ1) is 8.29. The highest BCUT2D eigenvalue weighted by atomic mass is 35.5. The van der Waals surface area contributed by atoms with Crippen molar-refractivity contribution in [1.29, 1.82) is 0 Å². The predicted molar refractivity (Wildman–Crippen MR) is 72.9 cm³/mol. The Morgan fingerprint density at radius 1 is 1.33 bits per heavy atom. The molecule has 0 atom stereocenters. The van der Waals surface area contributed by atoms with E-state index in [2.05, 4.69) is 20.6 Å². The average molecular weight is 271 g/mol. The molecule has 1 aromatic rings. The highest BCUT2D eigenvalue weighted by Crippen LogP contribution is 2.21. The van der Waals surface area contributed by atoms with Gasteiger partial charge in [-0.05, 0) is 0 Å². The van der Waals surface area contributed by atoms with Crippen LogP contribution in [0.1, 0.15) is 33.5 Å². The van der Waals surface area contributed by atoms with E-state index >= 15 is 0 Å². The third kappa shape index (κ3) is 4.87. The van der Waals surface area contributed by atoms with Crippen molar-refractivity contribution in [2.45, 2.75) is 33.1 Å². The average Bonchev–Trinajstić information content (AvgIpc) is 2.22. The zero-order chi connectivity index (χ0) is 13.8. The summed E-state index contributed by atoms with van der Waals surface area (Å²) in [6, 6.07) is 1.67.